The lowest BCUT2D eigenvalue weighted by Crippen LogP contribution is -2.29. The predicted octanol–water partition coefficient (Wildman–Crippen LogP) is 2.04. The van der Waals surface area contributed by atoms with Gasteiger partial charge in [0.1, 0.15) is 6.17 Å². The highest BCUT2D eigenvalue weighted by Crippen LogP contribution is 2.38. The van der Waals surface area contributed by atoms with E-state index >= 15 is 0 Å². The summed E-state index contributed by atoms with van der Waals surface area (Å²) < 4.78 is 1.92. The Morgan fingerprint density at radius 2 is 2.12 bits per heavy atom. The topological polar surface area (TPSA) is 35.6 Å². The van der Waals surface area contributed by atoms with Crippen LogP contribution < -0.4 is 5.32 Å². The molecular weight excluding hydrogens is 270 g/mol. The Morgan fingerprint density at radius 3 is 3.00 bits per heavy atom. The van der Waals surface area contributed by atoms with Crippen LogP contribution >= 0.6 is 16.1 Å². The van der Waals surface area contributed by atoms with Gasteiger partial charge in [-0.15, -0.1) is 0 Å². The monoisotopic (exact) mass is 279 g/mol. The molecule has 0 aliphatic carbocycles. The van der Waals surface area contributed by atoms with Gasteiger partial charge in [-0.25, -0.2) is 0 Å². The first kappa shape index (κ1) is 9.72. The van der Waals surface area contributed by atoms with Gasteiger partial charge in [-0.05, 0) is 6.07 Å². The van der Waals surface area contributed by atoms with Gasteiger partial charge in [-0.1, -0.05) is 18.2 Å². The highest BCUT2D eigenvalue weighted by Gasteiger charge is 2.32. The molecule has 16 heavy (non-hydrogen) atoms. The van der Waals surface area contributed by atoms with E-state index in [1.54, 1.807) is 0 Å². The van der Waals surface area contributed by atoms with E-state index in [1.807, 2.05) is 45.5 Å². The zero-order valence-corrected chi connectivity index (χ0v) is 10.0. The Morgan fingerprint density at radius 1 is 1.31 bits per heavy atom. The van der Waals surface area contributed by atoms with E-state index in [2.05, 4.69) is 21.5 Å². The summed E-state index contributed by atoms with van der Waals surface area (Å²) in [6, 6.07) is 7.86. The lowest BCUT2D eigenvalue weighted by molar-refractivity contribution is -0.117. The van der Waals surface area contributed by atoms with E-state index < -0.39 is 0 Å². The normalized spacial score (nSPS) is 22.6. The second kappa shape index (κ2) is 3.52. The van der Waals surface area contributed by atoms with Crippen molar-refractivity contribution in [1.29, 1.82) is 0 Å². The van der Waals surface area contributed by atoms with Crippen molar-refractivity contribution in [3.8, 4) is 0 Å². The molecule has 0 bridgehead atoms. The fourth-order valence-electron chi connectivity index (χ4n) is 2.10. The van der Waals surface area contributed by atoms with Crippen LogP contribution in [-0.4, -0.2) is 21.3 Å². The molecule has 5 heteroatoms. The third-order valence-corrected chi connectivity index (χ3v) is 3.41. The number of hydrogen-bond acceptors (Lipinski definition) is 3. The van der Waals surface area contributed by atoms with Gasteiger partial charge < -0.3 is 10.2 Å². The van der Waals surface area contributed by atoms with E-state index in [4.69, 9.17) is 0 Å². The average Bonchev–Trinajstić information content (AvgIpc) is 2.55. The van der Waals surface area contributed by atoms with Gasteiger partial charge in [0.15, 0.2) is 0 Å². The van der Waals surface area contributed by atoms with Gasteiger partial charge in [0.05, 0.1) is 22.7 Å². The van der Waals surface area contributed by atoms with Gasteiger partial charge in [0.25, 0.3) is 0 Å². The van der Waals surface area contributed by atoms with Crippen LogP contribution in [0.4, 0.5) is 5.69 Å². The summed E-state index contributed by atoms with van der Waals surface area (Å²) in [4.78, 5) is 13.7. The SMILES string of the molecule is O=C1CN2C=CN(Br)C2c2ccccc2N1. The van der Waals surface area contributed by atoms with Gasteiger partial charge in [-0.3, -0.25) is 8.72 Å². The lowest BCUT2D eigenvalue weighted by atomic mass is 10.1. The molecule has 0 saturated carbocycles. The number of carbonyl (C=O) groups excluding carboxylic acids is 1. The number of hydrogen-bond donors (Lipinski definition) is 1. The molecule has 3 rings (SSSR count). The lowest BCUT2D eigenvalue weighted by Gasteiger charge is -2.26. The Bertz CT molecular complexity index is 474. The minimum absolute atomic E-state index is 0.0161. The summed E-state index contributed by atoms with van der Waals surface area (Å²) >= 11 is 3.47. The standard InChI is InChI=1S/C11H10BrN3O/c12-15-6-5-14-7-10(16)13-9-4-2-1-3-8(9)11(14)15/h1-6,11H,7H2,(H,13,16). The van der Waals surface area contributed by atoms with E-state index in [-0.39, 0.29) is 12.1 Å². The molecule has 0 saturated heterocycles. The molecule has 0 fully saturated rings. The number of amides is 1. The van der Waals surface area contributed by atoms with Crippen LogP contribution in [0.25, 0.3) is 0 Å². The number of rotatable bonds is 0. The van der Waals surface area contributed by atoms with Gasteiger partial charge in [0, 0.05) is 23.7 Å². The highest BCUT2D eigenvalue weighted by atomic mass is 79.9. The third kappa shape index (κ3) is 1.39. The summed E-state index contributed by atoms with van der Waals surface area (Å²) in [5.74, 6) is 0.0161. The Kier molecular flexibility index (Phi) is 2.14. The van der Waals surface area contributed by atoms with E-state index in [1.165, 1.54) is 0 Å². The second-order valence-corrected chi connectivity index (χ2v) is 4.64. The first-order valence-corrected chi connectivity index (χ1v) is 5.73. The molecular formula is C11H10BrN3O. The van der Waals surface area contributed by atoms with Crippen molar-refractivity contribution in [3.63, 3.8) is 0 Å². The Balaban J connectivity index is 2.12. The molecule has 0 spiro atoms. The van der Waals surface area contributed by atoms with Crippen LogP contribution in [0, 0.1) is 0 Å². The summed E-state index contributed by atoms with van der Waals surface area (Å²) in [6.07, 6.45) is 3.89. The molecule has 0 radical (unpaired) electrons. The predicted molar refractivity (Wildman–Crippen MR) is 64.4 cm³/mol. The largest absolute Gasteiger partial charge is 0.342 e. The van der Waals surface area contributed by atoms with Crippen molar-refractivity contribution >= 4 is 27.7 Å². The highest BCUT2D eigenvalue weighted by molar-refractivity contribution is 9.07. The molecule has 1 aromatic carbocycles. The third-order valence-electron chi connectivity index (χ3n) is 2.79. The molecule has 0 aromatic heterocycles. The molecule has 2 aliphatic heterocycles. The number of fused-ring (bicyclic) bond motifs is 3. The number of anilines is 1. The van der Waals surface area contributed by atoms with Crippen LogP contribution in [0.5, 0.6) is 0 Å². The quantitative estimate of drug-likeness (QED) is 0.739. The summed E-state index contributed by atoms with van der Waals surface area (Å²) in [5, 5.41) is 2.91. The maximum Gasteiger partial charge on any atom is 0.243 e. The van der Waals surface area contributed by atoms with Gasteiger partial charge in [0.2, 0.25) is 5.91 Å². The average molecular weight is 280 g/mol. The smallest absolute Gasteiger partial charge is 0.243 e. The number of halogens is 1. The van der Waals surface area contributed by atoms with Gasteiger partial charge >= 0.3 is 0 Å². The number of carbonyl (C=O) groups is 1. The van der Waals surface area contributed by atoms with Crippen molar-refractivity contribution in [1.82, 2.24) is 8.83 Å². The van der Waals surface area contributed by atoms with Crippen molar-refractivity contribution in [2.24, 2.45) is 0 Å². The molecule has 1 unspecified atom stereocenters. The number of benzene rings is 1. The number of nitrogens with one attached hydrogen (secondary N) is 1. The zero-order chi connectivity index (χ0) is 11.1. The fourth-order valence-corrected chi connectivity index (χ4v) is 2.66. The first-order valence-electron chi connectivity index (χ1n) is 5.03. The fraction of sp³-hybridized carbons (Fsp3) is 0.182. The summed E-state index contributed by atoms with van der Waals surface area (Å²) in [5.41, 5.74) is 1.98. The van der Waals surface area contributed by atoms with Crippen LogP contribution in [-0.2, 0) is 4.79 Å². The van der Waals surface area contributed by atoms with E-state index in [9.17, 15) is 4.79 Å². The van der Waals surface area contributed by atoms with Crippen molar-refractivity contribution in [2.75, 3.05) is 11.9 Å². The maximum atomic E-state index is 11.7. The van der Waals surface area contributed by atoms with E-state index in [0.29, 0.717) is 6.54 Å². The van der Waals surface area contributed by atoms with Gasteiger partial charge in [-0.2, -0.15) is 0 Å². The van der Waals surface area contributed by atoms with E-state index in [0.717, 1.165) is 11.3 Å². The molecule has 1 aromatic rings. The zero-order valence-electron chi connectivity index (χ0n) is 8.43. The molecule has 4 nitrogen and oxygen atoms in total. The molecule has 1 amide bonds. The molecule has 82 valence electrons. The molecule has 1 atom stereocenters. The van der Waals surface area contributed by atoms with Crippen LogP contribution in [0.15, 0.2) is 36.7 Å². The second-order valence-electron chi connectivity index (χ2n) is 3.82. The Hall–Kier alpha value is -1.49. The number of para-hydroxylation sites is 1. The van der Waals surface area contributed by atoms with Crippen molar-refractivity contribution in [3.05, 3.63) is 42.2 Å². The molecule has 2 heterocycles. The van der Waals surface area contributed by atoms with Crippen molar-refractivity contribution < 1.29 is 4.79 Å². The molecule has 1 N–H and O–H groups in total. The molecule has 2 aliphatic rings. The van der Waals surface area contributed by atoms with Crippen LogP contribution in [0.2, 0.25) is 0 Å². The van der Waals surface area contributed by atoms with Crippen molar-refractivity contribution in [2.45, 2.75) is 6.17 Å². The maximum absolute atomic E-state index is 11.7. The number of nitrogens with zero attached hydrogens (tertiary/aromatic N) is 2. The van der Waals surface area contributed by atoms with Crippen LogP contribution in [0.3, 0.4) is 0 Å². The minimum atomic E-state index is 0.0161. The first-order chi connectivity index (χ1) is 7.75. The Labute approximate surface area is 102 Å². The summed E-state index contributed by atoms with van der Waals surface area (Å²) in [7, 11) is 0. The summed E-state index contributed by atoms with van der Waals surface area (Å²) in [6.45, 7) is 0.373. The van der Waals surface area contributed by atoms with Crippen LogP contribution in [0.1, 0.15) is 11.7 Å². The minimum Gasteiger partial charge on any atom is -0.342 e.